The Labute approximate surface area is 174 Å². The summed E-state index contributed by atoms with van der Waals surface area (Å²) in [5, 5.41) is 18.9. The number of rotatable bonds is 6. The molecule has 0 saturated heterocycles. The topological polar surface area (TPSA) is 109 Å². The molecule has 3 aromatic rings. The largest absolute Gasteiger partial charge is 0.477 e. The second-order valence-electron chi connectivity index (χ2n) is 5.81. The van der Waals surface area contributed by atoms with Crippen LogP contribution in [0, 0.1) is 11.6 Å². The van der Waals surface area contributed by atoms with E-state index in [2.05, 4.69) is 0 Å². The van der Waals surface area contributed by atoms with Crippen molar-refractivity contribution in [2.24, 2.45) is 0 Å². The number of ketones is 2. The number of hydrogen-bond acceptors (Lipinski definition) is 6. The predicted octanol–water partition coefficient (Wildman–Crippen LogP) is 2.32. The van der Waals surface area contributed by atoms with Crippen LogP contribution in [0.15, 0.2) is 48.5 Å². The molecule has 3 rings (SSSR count). The van der Waals surface area contributed by atoms with E-state index >= 15 is 0 Å². The Bertz CT molecular complexity index is 1170. The minimum absolute atomic E-state index is 0.00233. The summed E-state index contributed by atoms with van der Waals surface area (Å²) in [4.78, 5) is 48.2. The smallest absolute Gasteiger partial charge is 0.342 e. The molecule has 0 bridgehead atoms. The third kappa shape index (κ3) is 4.24. The van der Waals surface area contributed by atoms with Crippen LogP contribution in [0.25, 0.3) is 11.1 Å². The number of carbonyl (C=O) groups is 4. The molecule has 0 aliphatic rings. The van der Waals surface area contributed by atoms with Crippen molar-refractivity contribution in [1.29, 1.82) is 0 Å². The van der Waals surface area contributed by atoms with E-state index in [1.54, 1.807) is 0 Å². The number of aliphatic carboxylic acids is 2. The highest BCUT2D eigenvalue weighted by Crippen LogP contribution is 2.14. The Kier molecular flexibility index (Phi) is 5.99. The number of benzene rings is 2. The van der Waals surface area contributed by atoms with Gasteiger partial charge in [0.05, 0.1) is 0 Å². The van der Waals surface area contributed by atoms with Gasteiger partial charge in [-0.3, -0.25) is 9.59 Å². The maximum Gasteiger partial charge on any atom is 0.342 e. The van der Waals surface area contributed by atoms with Crippen LogP contribution in [-0.4, -0.2) is 33.7 Å². The summed E-state index contributed by atoms with van der Waals surface area (Å²) in [5.41, 5.74) is -1.33. The summed E-state index contributed by atoms with van der Waals surface area (Å²) in [6.07, 6.45) is 0. The molecule has 1 heterocycles. The number of carbonyl (C=O) groups excluding carboxylic acids is 2. The first kappa shape index (κ1) is 21.2. The molecule has 0 radical (unpaired) electrons. The van der Waals surface area contributed by atoms with Gasteiger partial charge in [-0.25, -0.2) is 18.4 Å². The van der Waals surface area contributed by atoms with Crippen LogP contribution < -0.4 is 7.69 Å². The SMILES string of the molecule is O=C(O)C(C(=O)c1ccc(F)cc1)=c1sc(=C(C(=O)O)C(=O)c2ccc(F)cc2)s1. The molecule has 6 nitrogen and oxygen atoms in total. The van der Waals surface area contributed by atoms with Gasteiger partial charge in [-0.1, -0.05) is 0 Å². The van der Waals surface area contributed by atoms with Crippen molar-refractivity contribution in [3.63, 3.8) is 0 Å². The van der Waals surface area contributed by atoms with Crippen molar-refractivity contribution in [3.8, 4) is 0 Å². The minimum Gasteiger partial charge on any atom is -0.477 e. The quantitative estimate of drug-likeness (QED) is 0.443. The molecular formula is C20H10F2O6S2. The van der Waals surface area contributed by atoms with Gasteiger partial charge in [-0.05, 0) is 48.5 Å². The average Bonchev–Trinajstić information content (AvgIpc) is 2.66. The van der Waals surface area contributed by atoms with E-state index in [0.717, 1.165) is 48.5 Å². The van der Waals surface area contributed by atoms with Gasteiger partial charge in [0, 0.05) is 11.1 Å². The summed E-state index contributed by atoms with van der Waals surface area (Å²) < 4.78 is 26.1. The third-order valence-electron chi connectivity index (χ3n) is 3.87. The van der Waals surface area contributed by atoms with Crippen LogP contribution in [-0.2, 0) is 9.59 Å². The molecule has 0 aliphatic heterocycles. The Morgan fingerprint density at radius 3 is 1.17 bits per heavy atom. The molecule has 0 spiro atoms. The molecule has 0 aliphatic carbocycles. The molecule has 2 aromatic carbocycles. The van der Waals surface area contributed by atoms with Crippen molar-refractivity contribution in [2.75, 3.05) is 0 Å². The van der Waals surface area contributed by atoms with E-state index in [9.17, 15) is 38.2 Å². The Hall–Kier alpha value is -3.50. The molecule has 152 valence electrons. The lowest BCUT2D eigenvalue weighted by atomic mass is 10.1. The van der Waals surface area contributed by atoms with Crippen LogP contribution in [0.1, 0.15) is 20.7 Å². The molecule has 0 amide bonds. The summed E-state index contributed by atoms with van der Waals surface area (Å²) in [6, 6.07) is 8.56. The zero-order valence-corrected chi connectivity index (χ0v) is 16.4. The Morgan fingerprint density at radius 1 is 0.600 bits per heavy atom. The molecule has 30 heavy (non-hydrogen) atoms. The normalized spacial score (nSPS) is 10.5. The first-order valence-corrected chi connectivity index (χ1v) is 9.73. The lowest BCUT2D eigenvalue weighted by molar-refractivity contribution is -0.131. The van der Waals surface area contributed by atoms with Crippen LogP contribution in [0.4, 0.5) is 8.78 Å². The van der Waals surface area contributed by atoms with Crippen LogP contribution in [0.2, 0.25) is 0 Å². The van der Waals surface area contributed by atoms with E-state index < -0.39 is 46.3 Å². The standard InChI is InChI=1S/C20H10F2O6S2/c21-11-5-1-9(2-6-11)15(23)13(17(25)26)19-29-20(30-19)14(18(27)28)16(24)10-3-7-12(22)8-4-10/h1-8H,(H,25,26)(H,27,28). The first-order valence-electron chi connectivity index (χ1n) is 8.10. The Balaban J connectivity index is 2.11. The molecule has 1 aromatic heterocycles. The van der Waals surface area contributed by atoms with Crippen LogP contribution >= 0.6 is 22.7 Å². The van der Waals surface area contributed by atoms with Crippen LogP contribution in [0.3, 0.4) is 0 Å². The fraction of sp³-hybridized carbons (Fsp3) is 0. The van der Waals surface area contributed by atoms with Crippen molar-refractivity contribution in [3.05, 3.63) is 79.0 Å². The first-order chi connectivity index (χ1) is 14.2. The number of Topliss-reactive ketones (excluding diaryl/α,β-unsaturated/α-hetero) is 2. The van der Waals surface area contributed by atoms with Gasteiger partial charge < -0.3 is 10.2 Å². The average molecular weight is 448 g/mol. The van der Waals surface area contributed by atoms with E-state index in [0.29, 0.717) is 22.7 Å². The van der Waals surface area contributed by atoms with E-state index in [-0.39, 0.29) is 18.8 Å². The zero-order chi connectivity index (χ0) is 22.0. The van der Waals surface area contributed by atoms with Gasteiger partial charge in [0.25, 0.3) is 0 Å². The molecule has 0 fully saturated rings. The van der Waals surface area contributed by atoms with Gasteiger partial charge in [0.1, 0.15) is 30.5 Å². The predicted molar refractivity (Wildman–Crippen MR) is 105 cm³/mol. The number of carboxylic acids is 2. The lowest BCUT2D eigenvalue weighted by Gasteiger charge is -2.06. The van der Waals surface area contributed by atoms with E-state index in [1.165, 1.54) is 0 Å². The van der Waals surface area contributed by atoms with Crippen molar-refractivity contribution in [2.45, 2.75) is 0 Å². The second kappa shape index (κ2) is 8.47. The maximum atomic E-state index is 13.0. The van der Waals surface area contributed by atoms with Crippen LogP contribution in [0.5, 0.6) is 0 Å². The Morgan fingerprint density at radius 2 is 0.900 bits per heavy atom. The number of hydrogen-bond donors (Lipinski definition) is 2. The van der Waals surface area contributed by atoms with Crippen molar-refractivity contribution >= 4 is 57.3 Å². The van der Waals surface area contributed by atoms with Gasteiger partial charge in [0.15, 0.2) is 0 Å². The summed E-state index contributed by atoms with van der Waals surface area (Å²) in [5.74, 6) is -6.03. The fourth-order valence-corrected chi connectivity index (χ4v) is 4.66. The van der Waals surface area contributed by atoms with Crippen molar-refractivity contribution < 1.29 is 38.2 Å². The summed E-state index contributed by atoms with van der Waals surface area (Å²) in [7, 11) is 0. The highest BCUT2D eigenvalue weighted by Gasteiger charge is 2.26. The van der Waals surface area contributed by atoms with Gasteiger partial charge in [-0.2, -0.15) is 0 Å². The van der Waals surface area contributed by atoms with Gasteiger partial charge >= 0.3 is 11.9 Å². The second-order valence-corrected chi connectivity index (χ2v) is 8.37. The zero-order valence-electron chi connectivity index (χ0n) is 14.7. The molecule has 2 N–H and O–H groups in total. The minimum atomic E-state index is -1.54. The molecule has 0 saturated carbocycles. The summed E-state index contributed by atoms with van der Waals surface area (Å²) >= 11 is 1.34. The third-order valence-corrected chi connectivity index (χ3v) is 6.43. The molecule has 0 unspecified atom stereocenters. The summed E-state index contributed by atoms with van der Waals surface area (Å²) in [6.45, 7) is 0. The van der Waals surface area contributed by atoms with Gasteiger partial charge in [-0.15, -0.1) is 22.7 Å². The highest BCUT2D eigenvalue weighted by molar-refractivity contribution is 7.36. The lowest BCUT2D eigenvalue weighted by Crippen LogP contribution is -2.28. The number of halogens is 2. The van der Waals surface area contributed by atoms with Crippen molar-refractivity contribution in [1.82, 2.24) is 0 Å². The molecule has 10 heteroatoms. The van der Waals surface area contributed by atoms with E-state index in [1.807, 2.05) is 0 Å². The monoisotopic (exact) mass is 448 g/mol. The molecular weight excluding hydrogens is 438 g/mol. The van der Waals surface area contributed by atoms with Gasteiger partial charge in [0.2, 0.25) is 11.6 Å². The fourth-order valence-electron chi connectivity index (χ4n) is 2.43. The van der Waals surface area contributed by atoms with E-state index in [4.69, 9.17) is 0 Å². The number of carboxylic acid groups (broad SMARTS) is 2. The highest BCUT2D eigenvalue weighted by atomic mass is 32.2. The molecule has 0 atom stereocenters. The maximum absolute atomic E-state index is 13.0.